The van der Waals surface area contributed by atoms with Crippen LogP contribution in [0.15, 0.2) is 65.6 Å². The van der Waals surface area contributed by atoms with Gasteiger partial charge < -0.3 is 14.2 Å². The van der Waals surface area contributed by atoms with Crippen molar-refractivity contribution in [1.82, 2.24) is 9.47 Å². The maximum Gasteiger partial charge on any atom is 0.260 e. The van der Waals surface area contributed by atoms with Gasteiger partial charge in [-0.2, -0.15) is 0 Å². The van der Waals surface area contributed by atoms with E-state index in [9.17, 15) is 9.59 Å². The van der Waals surface area contributed by atoms with E-state index in [0.29, 0.717) is 23.6 Å². The summed E-state index contributed by atoms with van der Waals surface area (Å²) in [6.45, 7) is 4.11. The maximum atomic E-state index is 12.7. The zero-order chi connectivity index (χ0) is 20.9. The summed E-state index contributed by atoms with van der Waals surface area (Å²) in [5.74, 6) is 1.21. The Bertz CT molecular complexity index is 1070. The Morgan fingerprint density at radius 2 is 1.77 bits per heavy atom. The number of fused-ring (bicyclic) bond motifs is 1. The molecule has 5 heteroatoms. The monoisotopic (exact) mass is 404 g/mol. The zero-order valence-corrected chi connectivity index (χ0v) is 17.4. The van der Waals surface area contributed by atoms with Crippen LogP contribution >= 0.6 is 0 Å². The molecule has 1 saturated heterocycles. The van der Waals surface area contributed by atoms with E-state index in [4.69, 9.17) is 4.74 Å². The van der Waals surface area contributed by atoms with Gasteiger partial charge in [-0.15, -0.1) is 0 Å². The third kappa shape index (κ3) is 4.40. The molecule has 1 amide bonds. The highest BCUT2D eigenvalue weighted by Crippen LogP contribution is 2.24. The number of hydrogen-bond donors (Lipinski definition) is 0. The molecule has 0 bridgehead atoms. The first kappa shape index (κ1) is 20.2. The molecule has 3 aromatic rings. The molecule has 0 aliphatic carbocycles. The Kier molecular flexibility index (Phi) is 6.17. The third-order valence-corrected chi connectivity index (χ3v) is 6.00. The lowest BCUT2D eigenvalue weighted by molar-refractivity contribution is -0.134. The molecule has 0 unspecified atom stereocenters. The molecule has 1 aliphatic rings. The molecule has 2 heterocycles. The number of carbonyl (C=O) groups excluding carboxylic acids is 1. The van der Waals surface area contributed by atoms with Crippen molar-refractivity contribution in [3.8, 4) is 5.75 Å². The first-order valence-corrected chi connectivity index (χ1v) is 10.7. The summed E-state index contributed by atoms with van der Waals surface area (Å²) < 4.78 is 7.51. The van der Waals surface area contributed by atoms with Gasteiger partial charge in [0.05, 0.1) is 5.39 Å². The van der Waals surface area contributed by atoms with Crippen LogP contribution in [0.25, 0.3) is 10.8 Å². The van der Waals surface area contributed by atoms with Crippen LogP contribution in [0.5, 0.6) is 5.75 Å². The summed E-state index contributed by atoms with van der Waals surface area (Å²) in [5, 5.41) is 1.37. The molecule has 4 rings (SSSR count). The SMILES string of the molecule is CCn1ccc2c(OCC(=O)N3CCC(Cc4ccccc4)CC3)cccc2c1=O. The molecule has 30 heavy (non-hydrogen) atoms. The van der Waals surface area contributed by atoms with E-state index in [1.54, 1.807) is 22.9 Å². The lowest BCUT2D eigenvalue weighted by Crippen LogP contribution is -2.41. The molecule has 1 fully saturated rings. The molecular formula is C25H28N2O3. The van der Waals surface area contributed by atoms with E-state index < -0.39 is 0 Å². The lowest BCUT2D eigenvalue weighted by Gasteiger charge is -2.32. The second-order valence-corrected chi connectivity index (χ2v) is 7.93. The van der Waals surface area contributed by atoms with Crippen LogP contribution in [-0.2, 0) is 17.8 Å². The Morgan fingerprint density at radius 3 is 2.50 bits per heavy atom. The minimum Gasteiger partial charge on any atom is -0.483 e. The fourth-order valence-corrected chi connectivity index (χ4v) is 4.23. The summed E-state index contributed by atoms with van der Waals surface area (Å²) in [6.07, 6.45) is 4.89. The highest BCUT2D eigenvalue weighted by molar-refractivity contribution is 5.88. The van der Waals surface area contributed by atoms with Crippen LogP contribution in [0.4, 0.5) is 0 Å². The first-order valence-electron chi connectivity index (χ1n) is 10.7. The molecule has 0 spiro atoms. The molecule has 0 radical (unpaired) electrons. The van der Waals surface area contributed by atoms with Crippen molar-refractivity contribution in [3.63, 3.8) is 0 Å². The van der Waals surface area contributed by atoms with Gasteiger partial charge in [0.1, 0.15) is 5.75 Å². The molecule has 1 aromatic heterocycles. The van der Waals surface area contributed by atoms with Crippen molar-refractivity contribution < 1.29 is 9.53 Å². The Balaban J connectivity index is 1.34. The van der Waals surface area contributed by atoms with Crippen LogP contribution in [-0.4, -0.2) is 35.1 Å². The van der Waals surface area contributed by atoms with Gasteiger partial charge in [-0.1, -0.05) is 36.4 Å². The van der Waals surface area contributed by atoms with Gasteiger partial charge in [-0.25, -0.2) is 0 Å². The van der Waals surface area contributed by atoms with Gasteiger partial charge in [0.15, 0.2) is 6.61 Å². The maximum absolute atomic E-state index is 12.7. The van der Waals surface area contributed by atoms with Gasteiger partial charge in [-0.05, 0) is 55.9 Å². The number of benzene rings is 2. The summed E-state index contributed by atoms with van der Waals surface area (Å²) in [4.78, 5) is 27.1. The van der Waals surface area contributed by atoms with Crippen molar-refractivity contribution in [2.45, 2.75) is 32.7 Å². The summed E-state index contributed by atoms with van der Waals surface area (Å²) in [6, 6.07) is 17.9. The normalized spacial score (nSPS) is 14.8. The quantitative estimate of drug-likeness (QED) is 0.626. The predicted molar refractivity (Wildman–Crippen MR) is 119 cm³/mol. The molecule has 0 N–H and O–H groups in total. The summed E-state index contributed by atoms with van der Waals surface area (Å²) >= 11 is 0. The number of piperidine rings is 1. The van der Waals surface area contributed by atoms with E-state index in [0.717, 1.165) is 37.7 Å². The number of pyridine rings is 1. The number of rotatable bonds is 6. The zero-order valence-electron chi connectivity index (χ0n) is 17.4. The van der Waals surface area contributed by atoms with Crippen molar-refractivity contribution in [1.29, 1.82) is 0 Å². The lowest BCUT2D eigenvalue weighted by atomic mass is 9.90. The first-order chi connectivity index (χ1) is 14.7. The molecule has 156 valence electrons. The van der Waals surface area contributed by atoms with Crippen molar-refractivity contribution in [2.24, 2.45) is 5.92 Å². The second-order valence-electron chi connectivity index (χ2n) is 7.93. The largest absolute Gasteiger partial charge is 0.483 e. The van der Waals surface area contributed by atoms with Crippen LogP contribution < -0.4 is 10.3 Å². The van der Waals surface area contributed by atoms with E-state index in [2.05, 4.69) is 24.3 Å². The minimum absolute atomic E-state index is 0.000667. The minimum atomic E-state index is -0.0349. The average molecular weight is 405 g/mol. The fourth-order valence-electron chi connectivity index (χ4n) is 4.23. The molecular weight excluding hydrogens is 376 g/mol. The van der Waals surface area contributed by atoms with E-state index >= 15 is 0 Å². The van der Waals surface area contributed by atoms with Crippen molar-refractivity contribution >= 4 is 16.7 Å². The van der Waals surface area contributed by atoms with E-state index in [-0.39, 0.29) is 18.1 Å². The Morgan fingerprint density at radius 1 is 1.00 bits per heavy atom. The van der Waals surface area contributed by atoms with Gasteiger partial charge in [0, 0.05) is 31.2 Å². The predicted octanol–water partition coefficient (Wildman–Crippen LogP) is 3.88. The Labute approximate surface area is 176 Å². The second kappa shape index (κ2) is 9.16. The van der Waals surface area contributed by atoms with Crippen LogP contribution in [0.3, 0.4) is 0 Å². The summed E-state index contributed by atoms with van der Waals surface area (Å²) in [7, 11) is 0. The van der Waals surface area contributed by atoms with Crippen LogP contribution in [0.1, 0.15) is 25.3 Å². The molecule has 5 nitrogen and oxygen atoms in total. The van der Waals surface area contributed by atoms with Gasteiger partial charge in [0.25, 0.3) is 11.5 Å². The molecule has 0 saturated carbocycles. The fraction of sp³-hybridized carbons (Fsp3) is 0.360. The van der Waals surface area contributed by atoms with Gasteiger partial charge in [-0.3, -0.25) is 9.59 Å². The van der Waals surface area contributed by atoms with Crippen LogP contribution in [0, 0.1) is 5.92 Å². The molecule has 2 aromatic carbocycles. The smallest absolute Gasteiger partial charge is 0.260 e. The number of ether oxygens (including phenoxy) is 1. The van der Waals surface area contributed by atoms with Crippen molar-refractivity contribution in [2.75, 3.05) is 19.7 Å². The van der Waals surface area contributed by atoms with Gasteiger partial charge in [0.2, 0.25) is 0 Å². The topological polar surface area (TPSA) is 51.5 Å². The number of hydrogen-bond acceptors (Lipinski definition) is 3. The summed E-state index contributed by atoms with van der Waals surface area (Å²) in [5.41, 5.74) is 1.33. The number of nitrogens with zero attached hydrogens (tertiary/aromatic N) is 2. The number of likely N-dealkylation sites (tertiary alicyclic amines) is 1. The van der Waals surface area contributed by atoms with Gasteiger partial charge >= 0.3 is 0 Å². The molecule has 1 aliphatic heterocycles. The standard InChI is InChI=1S/C25H28N2O3/c1-2-26-16-13-21-22(25(26)29)9-6-10-23(21)30-18-24(28)27-14-11-20(12-15-27)17-19-7-4-3-5-8-19/h3-10,13,16,20H,2,11-12,14-15,17-18H2,1H3. The van der Waals surface area contributed by atoms with Crippen LogP contribution in [0.2, 0.25) is 0 Å². The number of aryl methyl sites for hydroxylation is 1. The Hall–Kier alpha value is -3.08. The van der Waals surface area contributed by atoms with Crippen molar-refractivity contribution in [3.05, 3.63) is 76.7 Å². The van der Waals surface area contributed by atoms with E-state index in [1.807, 2.05) is 30.0 Å². The average Bonchev–Trinajstić information content (AvgIpc) is 2.79. The molecule has 0 atom stereocenters. The highest BCUT2D eigenvalue weighted by atomic mass is 16.5. The third-order valence-electron chi connectivity index (χ3n) is 6.00. The number of aromatic nitrogens is 1. The van der Waals surface area contributed by atoms with E-state index in [1.165, 1.54) is 5.56 Å². The highest BCUT2D eigenvalue weighted by Gasteiger charge is 2.23. The number of carbonyl (C=O) groups is 1. The number of amides is 1.